The molecule has 2 rings (SSSR count). The maximum absolute atomic E-state index is 12.3. The minimum absolute atomic E-state index is 0.0128. The first-order valence-corrected chi connectivity index (χ1v) is 7.39. The van der Waals surface area contributed by atoms with Crippen LogP contribution in [0.25, 0.3) is 0 Å². The molecule has 1 aliphatic rings. The van der Waals surface area contributed by atoms with Crippen molar-refractivity contribution in [2.45, 2.75) is 26.7 Å². The molecule has 1 saturated heterocycles. The number of hydrogen-bond acceptors (Lipinski definition) is 4. The predicted octanol–water partition coefficient (Wildman–Crippen LogP) is 1.44. The summed E-state index contributed by atoms with van der Waals surface area (Å²) in [5, 5.41) is 2.85. The van der Waals surface area contributed by atoms with E-state index in [2.05, 4.69) is 10.3 Å². The van der Waals surface area contributed by atoms with Gasteiger partial charge in [0.15, 0.2) is 0 Å². The Morgan fingerprint density at radius 2 is 2.16 bits per heavy atom. The first-order valence-electron chi connectivity index (χ1n) is 6.51. The number of amides is 2. The van der Waals surface area contributed by atoms with Crippen LogP contribution in [0.1, 0.15) is 35.1 Å². The van der Waals surface area contributed by atoms with Gasteiger partial charge < -0.3 is 10.2 Å². The fourth-order valence-electron chi connectivity index (χ4n) is 2.28. The van der Waals surface area contributed by atoms with Gasteiger partial charge in [-0.1, -0.05) is 0 Å². The molecule has 104 valence electrons. The van der Waals surface area contributed by atoms with Gasteiger partial charge in [-0.15, -0.1) is 11.3 Å². The highest BCUT2D eigenvalue weighted by Gasteiger charge is 2.25. The molecular weight excluding hydrogens is 262 g/mol. The number of likely N-dealkylation sites (tertiary alicyclic amines) is 1. The molecule has 1 aromatic rings. The number of rotatable bonds is 3. The predicted molar refractivity (Wildman–Crippen MR) is 74.2 cm³/mol. The number of nitrogens with zero attached hydrogens (tertiary/aromatic N) is 2. The van der Waals surface area contributed by atoms with Crippen molar-refractivity contribution in [3.8, 4) is 0 Å². The van der Waals surface area contributed by atoms with Crippen molar-refractivity contribution in [2.24, 2.45) is 5.92 Å². The van der Waals surface area contributed by atoms with Crippen LogP contribution in [-0.2, 0) is 4.79 Å². The molecule has 0 atom stereocenters. The normalized spacial score (nSPS) is 16.4. The second kappa shape index (κ2) is 6.14. The van der Waals surface area contributed by atoms with Crippen LogP contribution in [0.3, 0.4) is 0 Å². The summed E-state index contributed by atoms with van der Waals surface area (Å²) in [7, 11) is 0. The number of carbonyl (C=O) groups is 2. The van der Waals surface area contributed by atoms with Crippen molar-refractivity contribution < 1.29 is 9.59 Å². The second-order valence-corrected chi connectivity index (χ2v) is 5.79. The molecule has 0 unspecified atom stereocenters. The third-order valence-corrected chi connectivity index (χ3v) is 4.40. The molecule has 1 aromatic heterocycles. The Bertz CT molecular complexity index is 464. The Kier molecular flexibility index (Phi) is 4.52. The van der Waals surface area contributed by atoms with Gasteiger partial charge in [0.05, 0.1) is 11.2 Å². The Hall–Kier alpha value is -1.43. The van der Waals surface area contributed by atoms with E-state index in [1.165, 1.54) is 18.3 Å². The van der Waals surface area contributed by atoms with Crippen LogP contribution in [-0.4, -0.2) is 41.3 Å². The van der Waals surface area contributed by atoms with Gasteiger partial charge >= 0.3 is 0 Å². The molecule has 0 spiro atoms. The summed E-state index contributed by atoms with van der Waals surface area (Å²) in [5.74, 6) is 0.590. The van der Waals surface area contributed by atoms with E-state index in [9.17, 15) is 9.59 Å². The minimum atomic E-state index is 0.0128. The number of thiazole rings is 1. The van der Waals surface area contributed by atoms with Crippen molar-refractivity contribution in [1.29, 1.82) is 0 Å². The zero-order valence-electron chi connectivity index (χ0n) is 11.3. The lowest BCUT2D eigenvalue weighted by molar-refractivity contribution is -0.119. The lowest BCUT2D eigenvalue weighted by Crippen LogP contribution is -2.41. The maximum Gasteiger partial charge on any atom is 0.265 e. The molecule has 19 heavy (non-hydrogen) atoms. The van der Waals surface area contributed by atoms with E-state index in [1.54, 1.807) is 5.51 Å². The van der Waals surface area contributed by atoms with Gasteiger partial charge in [0.25, 0.3) is 5.91 Å². The molecule has 1 aliphatic heterocycles. The van der Waals surface area contributed by atoms with E-state index >= 15 is 0 Å². The van der Waals surface area contributed by atoms with Gasteiger partial charge in [0.1, 0.15) is 4.88 Å². The summed E-state index contributed by atoms with van der Waals surface area (Å²) in [6.07, 6.45) is 1.90. The monoisotopic (exact) mass is 281 g/mol. The average Bonchev–Trinajstić information content (AvgIpc) is 2.82. The summed E-state index contributed by atoms with van der Waals surface area (Å²) in [6.45, 7) is 5.65. The highest BCUT2D eigenvalue weighted by Crippen LogP contribution is 2.21. The molecule has 2 heterocycles. The average molecular weight is 281 g/mol. The molecule has 2 amide bonds. The summed E-state index contributed by atoms with van der Waals surface area (Å²) in [4.78, 5) is 29.9. The Balaban J connectivity index is 1.85. The number of aromatic nitrogens is 1. The van der Waals surface area contributed by atoms with Gasteiger partial charge in [-0.05, 0) is 25.7 Å². The summed E-state index contributed by atoms with van der Waals surface area (Å²) >= 11 is 1.41. The van der Waals surface area contributed by atoms with Gasteiger partial charge in [-0.2, -0.15) is 0 Å². The summed E-state index contributed by atoms with van der Waals surface area (Å²) in [5.41, 5.74) is 2.53. The molecular formula is C13H19N3O2S. The Morgan fingerprint density at radius 3 is 2.68 bits per heavy atom. The van der Waals surface area contributed by atoms with Crippen molar-refractivity contribution in [3.63, 3.8) is 0 Å². The van der Waals surface area contributed by atoms with Crippen LogP contribution in [0.15, 0.2) is 5.51 Å². The van der Waals surface area contributed by atoms with Crippen LogP contribution < -0.4 is 5.32 Å². The van der Waals surface area contributed by atoms with E-state index in [-0.39, 0.29) is 11.8 Å². The minimum Gasteiger partial charge on any atom is -0.356 e. The highest BCUT2D eigenvalue weighted by atomic mass is 32.1. The van der Waals surface area contributed by atoms with Crippen LogP contribution in [0, 0.1) is 12.8 Å². The molecule has 0 bridgehead atoms. The van der Waals surface area contributed by atoms with Crippen LogP contribution in [0.4, 0.5) is 0 Å². The largest absolute Gasteiger partial charge is 0.356 e. The molecule has 0 aliphatic carbocycles. The van der Waals surface area contributed by atoms with E-state index in [1.807, 2.05) is 11.8 Å². The smallest absolute Gasteiger partial charge is 0.265 e. The third-order valence-electron chi connectivity index (χ3n) is 3.48. The lowest BCUT2D eigenvalue weighted by Gasteiger charge is -2.31. The van der Waals surface area contributed by atoms with Crippen molar-refractivity contribution in [3.05, 3.63) is 16.1 Å². The number of hydrogen-bond donors (Lipinski definition) is 1. The zero-order valence-corrected chi connectivity index (χ0v) is 12.1. The van der Waals surface area contributed by atoms with E-state index in [0.717, 1.165) is 43.0 Å². The lowest BCUT2D eigenvalue weighted by atomic mass is 9.96. The van der Waals surface area contributed by atoms with Gasteiger partial charge in [0.2, 0.25) is 5.91 Å². The zero-order chi connectivity index (χ0) is 13.8. The third kappa shape index (κ3) is 3.53. The second-order valence-electron chi connectivity index (χ2n) is 4.94. The number of piperidine rings is 1. The summed E-state index contributed by atoms with van der Waals surface area (Å²) < 4.78 is 0. The molecule has 6 heteroatoms. The summed E-state index contributed by atoms with van der Waals surface area (Å²) in [6, 6.07) is 0. The molecule has 0 saturated carbocycles. The van der Waals surface area contributed by atoms with Crippen LogP contribution >= 0.6 is 11.3 Å². The molecule has 5 nitrogen and oxygen atoms in total. The fraction of sp³-hybridized carbons (Fsp3) is 0.615. The maximum atomic E-state index is 12.3. The van der Waals surface area contributed by atoms with Crippen LogP contribution in [0.5, 0.6) is 0 Å². The SMILES string of the molecule is CC(=O)NCC1CCN(C(=O)c2scnc2C)CC1. The number of carbonyl (C=O) groups excluding carboxylic acids is 2. The highest BCUT2D eigenvalue weighted by molar-refractivity contribution is 7.11. The topological polar surface area (TPSA) is 62.3 Å². The number of nitrogens with one attached hydrogen (secondary N) is 1. The first-order chi connectivity index (χ1) is 9.08. The van der Waals surface area contributed by atoms with Gasteiger partial charge in [0, 0.05) is 26.6 Å². The Morgan fingerprint density at radius 1 is 1.47 bits per heavy atom. The van der Waals surface area contributed by atoms with E-state index < -0.39 is 0 Å². The van der Waals surface area contributed by atoms with Crippen LogP contribution in [0.2, 0.25) is 0 Å². The first kappa shape index (κ1) is 14.0. The van der Waals surface area contributed by atoms with E-state index in [0.29, 0.717) is 5.92 Å². The molecule has 0 aromatic carbocycles. The van der Waals surface area contributed by atoms with Gasteiger partial charge in [-0.3, -0.25) is 9.59 Å². The molecule has 0 radical (unpaired) electrons. The van der Waals surface area contributed by atoms with Crippen molar-refractivity contribution in [1.82, 2.24) is 15.2 Å². The fourth-order valence-corrected chi connectivity index (χ4v) is 3.05. The van der Waals surface area contributed by atoms with E-state index in [4.69, 9.17) is 0 Å². The Labute approximate surface area is 117 Å². The quantitative estimate of drug-likeness (QED) is 0.912. The standard InChI is InChI=1S/C13H19N3O2S/c1-9-12(19-8-15-9)13(18)16-5-3-11(4-6-16)7-14-10(2)17/h8,11H,3-7H2,1-2H3,(H,14,17). The van der Waals surface area contributed by atoms with Crippen molar-refractivity contribution >= 4 is 23.2 Å². The van der Waals surface area contributed by atoms with Crippen molar-refractivity contribution in [2.75, 3.05) is 19.6 Å². The molecule has 1 N–H and O–H groups in total. The van der Waals surface area contributed by atoms with Gasteiger partial charge in [-0.25, -0.2) is 4.98 Å². The molecule has 1 fully saturated rings. The number of aryl methyl sites for hydroxylation is 1.